The lowest BCUT2D eigenvalue weighted by Crippen LogP contribution is -2.17. The highest BCUT2D eigenvalue weighted by Crippen LogP contribution is 2.31. The molecule has 0 radical (unpaired) electrons. The van der Waals surface area contributed by atoms with Gasteiger partial charge in [0.1, 0.15) is 11.5 Å². The van der Waals surface area contributed by atoms with Crippen LogP contribution in [-0.4, -0.2) is 26.6 Å². The predicted molar refractivity (Wildman–Crippen MR) is 115 cm³/mol. The highest BCUT2D eigenvalue weighted by atomic mass is 19.4. The number of pyridine rings is 1. The van der Waals surface area contributed by atoms with E-state index < -0.39 is 29.8 Å². The van der Waals surface area contributed by atoms with Crippen molar-refractivity contribution in [3.8, 4) is 11.3 Å². The van der Waals surface area contributed by atoms with Gasteiger partial charge in [0.15, 0.2) is 0 Å². The number of Topliss-reactive ketones (excluding diaryl/α,β-unsaturated/α-hetero) is 1. The van der Waals surface area contributed by atoms with Crippen LogP contribution in [0.4, 0.5) is 27.9 Å². The minimum absolute atomic E-state index is 0.00852. The first-order valence-corrected chi connectivity index (χ1v) is 10.3. The topological polar surface area (TPSA) is 87.7 Å². The van der Waals surface area contributed by atoms with Gasteiger partial charge in [-0.2, -0.15) is 13.2 Å². The molecule has 0 unspecified atom stereocenters. The number of hydrogen-bond donors (Lipinski definition) is 2. The summed E-state index contributed by atoms with van der Waals surface area (Å²) in [6.07, 6.45) is -5.49. The fraction of sp³-hybridized carbons (Fsp3) is 0.304. The van der Waals surface area contributed by atoms with Crippen LogP contribution >= 0.6 is 0 Å². The van der Waals surface area contributed by atoms with Crippen molar-refractivity contribution in [1.82, 2.24) is 15.0 Å². The SMILES string of the molecule is CCC(=O)CCc1cnc(C(F)F)c(C(=O)Nc2nc(-c3ccc(C(F)(F)F)cc3)c(C)[nH]2)c1. The normalized spacial score (nSPS) is 11.6. The number of amides is 1. The average molecular weight is 480 g/mol. The molecule has 0 saturated carbocycles. The maximum Gasteiger partial charge on any atom is 0.416 e. The van der Waals surface area contributed by atoms with Crippen molar-refractivity contribution in [1.29, 1.82) is 0 Å². The van der Waals surface area contributed by atoms with Gasteiger partial charge in [-0.3, -0.25) is 19.9 Å². The largest absolute Gasteiger partial charge is 0.416 e. The Balaban J connectivity index is 1.83. The zero-order chi connectivity index (χ0) is 25.0. The molecular formula is C23H21F5N4O2. The summed E-state index contributed by atoms with van der Waals surface area (Å²) in [6, 6.07) is 5.59. The van der Waals surface area contributed by atoms with E-state index in [9.17, 15) is 31.5 Å². The molecule has 11 heteroatoms. The Bertz CT molecular complexity index is 1190. The first kappa shape index (κ1) is 25.0. The Labute approximate surface area is 191 Å². The van der Waals surface area contributed by atoms with E-state index in [0.29, 0.717) is 28.9 Å². The van der Waals surface area contributed by atoms with Crippen molar-refractivity contribution in [3.63, 3.8) is 0 Å². The van der Waals surface area contributed by atoms with E-state index in [1.165, 1.54) is 24.4 Å². The number of aryl methyl sites for hydroxylation is 2. The second kappa shape index (κ2) is 10.1. The van der Waals surface area contributed by atoms with E-state index >= 15 is 0 Å². The summed E-state index contributed by atoms with van der Waals surface area (Å²) in [7, 11) is 0. The van der Waals surface area contributed by atoms with E-state index in [1.54, 1.807) is 13.8 Å². The van der Waals surface area contributed by atoms with E-state index in [0.717, 1.165) is 12.1 Å². The molecular weight excluding hydrogens is 459 g/mol. The predicted octanol–water partition coefficient (Wildman–Crippen LogP) is 5.90. The lowest BCUT2D eigenvalue weighted by molar-refractivity contribution is -0.137. The molecule has 0 aliphatic heterocycles. The van der Waals surface area contributed by atoms with E-state index in [-0.39, 0.29) is 30.1 Å². The number of nitrogens with one attached hydrogen (secondary N) is 2. The van der Waals surface area contributed by atoms with Gasteiger partial charge in [0, 0.05) is 30.3 Å². The number of rotatable bonds is 8. The van der Waals surface area contributed by atoms with Crippen LogP contribution in [0.1, 0.15) is 59.1 Å². The monoisotopic (exact) mass is 480 g/mol. The number of aromatic nitrogens is 3. The molecule has 3 aromatic rings. The number of carbonyl (C=O) groups excluding carboxylic acids is 2. The zero-order valence-electron chi connectivity index (χ0n) is 18.3. The van der Waals surface area contributed by atoms with Crippen molar-refractivity contribution >= 4 is 17.6 Å². The fourth-order valence-corrected chi connectivity index (χ4v) is 3.26. The van der Waals surface area contributed by atoms with Gasteiger partial charge in [0.2, 0.25) is 5.95 Å². The van der Waals surface area contributed by atoms with Crippen LogP contribution in [-0.2, 0) is 17.4 Å². The van der Waals surface area contributed by atoms with Crippen molar-refractivity contribution in [2.75, 3.05) is 5.32 Å². The highest BCUT2D eigenvalue weighted by molar-refractivity contribution is 6.04. The van der Waals surface area contributed by atoms with Gasteiger partial charge in [-0.05, 0) is 37.1 Å². The third-order valence-corrected chi connectivity index (χ3v) is 5.12. The van der Waals surface area contributed by atoms with E-state index in [4.69, 9.17) is 0 Å². The van der Waals surface area contributed by atoms with Gasteiger partial charge < -0.3 is 4.98 Å². The number of halogens is 5. The number of ketones is 1. The summed E-state index contributed by atoms with van der Waals surface area (Å²) in [4.78, 5) is 35.0. The number of nitrogens with zero attached hydrogens (tertiary/aromatic N) is 2. The number of anilines is 1. The van der Waals surface area contributed by atoms with Gasteiger partial charge in [0.25, 0.3) is 12.3 Å². The zero-order valence-corrected chi connectivity index (χ0v) is 18.3. The van der Waals surface area contributed by atoms with Gasteiger partial charge >= 0.3 is 6.18 Å². The molecule has 0 fully saturated rings. The summed E-state index contributed by atoms with van der Waals surface area (Å²) < 4.78 is 65.2. The van der Waals surface area contributed by atoms with Crippen LogP contribution in [0.3, 0.4) is 0 Å². The fourth-order valence-electron chi connectivity index (χ4n) is 3.26. The van der Waals surface area contributed by atoms with E-state index in [1.807, 2.05) is 0 Å². The van der Waals surface area contributed by atoms with Gasteiger partial charge in [-0.15, -0.1) is 0 Å². The quantitative estimate of drug-likeness (QED) is 0.393. The molecule has 0 bridgehead atoms. The molecule has 2 N–H and O–H groups in total. The maximum atomic E-state index is 13.4. The van der Waals surface area contributed by atoms with Crippen LogP contribution in [0, 0.1) is 6.92 Å². The smallest absolute Gasteiger partial charge is 0.328 e. The number of alkyl halides is 5. The third kappa shape index (κ3) is 5.83. The summed E-state index contributed by atoms with van der Waals surface area (Å²) in [5.74, 6) is -0.964. The van der Waals surface area contributed by atoms with E-state index in [2.05, 4.69) is 20.3 Å². The first-order chi connectivity index (χ1) is 16.0. The van der Waals surface area contributed by atoms with Crippen molar-refractivity contribution in [3.05, 3.63) is 64.6 Å². The van der Waals surface area contributed by atoms with Crippen LogP contribution in [0.2, 0.25) is 0 Å². The Kier molecular flexibility index (Phi) is 7.43. The minimum atomic E-state index is -4.48. The molecule has 1 amide bonds. The molecule has 0 aliphatic carbocycles. The molecule has 1 aromatic carbocycles. The molecule has 3 rings (SSSR count). The number of aromatic amines is 1. The van der Waals surface area contributed by atoms with Gasteiger partial charge in [-0.25, -0.2) is 13.8 Å². The Morgan fingerprint density at radius 1 is 1.15 bits per heavy atom. The van der Waals surface area contributed by atoms with Crippen LogP contribution in [0.5, 0.6) is 0 Å². The Morgan fingerprint density at radius 3 is 2.41 bits per heavy atom. The second-order valence-electron chi connectivity index (χ2n) is 7.56. The van der Waals surface area contributed by atoms with Gasteiger partial charge in [0.05, 0.1) is 16.8 Å². The molecule has 0 atom stereocenters. The molecule has 2 aromatic heterocycles. The lowest BCUT2D eigenvalue weighted by atomic mass is 10.0. The minimum Gasteiger partial charge on any atom is -0.328 e. The first-order valence-electron chi connectivity index (χ1n) is 10.3. The molecule has 0 saturated heterocycles. The second-order valence-corrected chi connectivity index (χ2v) is 7.56. The van der Waals surface area contributed by atoms with Crippen LogP contribution in [0.25, 0.3) is 11.3 Å². The molecule has 6 nitrogen and oxygen atoms in total. The molecule has 0 aliphatic rings. The maximum absolute atomic E-state index is 13.4. The van der Waals surface area contributed by atoms with Crippen LogP contribution in [0.15, 0.2) is 36.5 Å². The number of hydrogen-bond acceptors (Lipinski definition) is 4. The molecule has 34 heavy (non-hydrogen) atoms. The summed E-state index contributed by atoms with van der Waals surface area (Å²) in [5.41, 5.74) is -0.309. The van der Waals surface area contributed by atoms with Crippen molar-refractivity contribution < 1.29 is 31.5 Å². The lowest BCUT2D eigenvalue weighted by Gasteiger charge is -2.10. The molecule has 2 heterocycles. The number of H-pyrrole nitrogens is 1. The van der Waals surface area contributed by atoms with Crippen molar-refractivity contribution in [2.24, 2.45) is 0 Å². The standard InChI is InChI=1S/C23H21F5N4O2/c1-3-16(33)9-4-13-10-17(19(20(24)25)29-11-13)21(34)32-22-30-12(2)18(31-22)14-5-7-15(8-6-14)23(26,27)28/h5-8,10-11,20H,3-4,9H2,1-2H3,(H2,30,31,32,34). The van der Waals surface area contributed by atoms with Crippen LogP contribution < -0.4 is 5.32 Å². The summed E-state index contributed by atoms with van der Waals surface area (Å²) in [5, 5.41) is 2.40. The van der Waals surface area contributed by atoms with Crippen molar-refractivity contribution in [2.45, 2.75) is 45.7 Å². The summed E-state index contributed by atoms with van der Waals surface area (Å²) >= 11 is 0. The summed E-state index contributed by atoms with van der Waals surface area (Å²) in [6.45, 7) is 3.32. The number of carbonyl (C=O) groups is 2. The third-order valence-electron chi connectivity index (χ3n) is 5.12. The van der Waals surface area contributed by atoms with Gasteiger partial charge in [-0.1, -0.05) is 19.1 Å². The Hall–Kier alpha value is -3.63. The molecule has 0 spiro atoms. The number of benzene rings is 1. The highest BCUT2D eigenvalue weighted by Gasteiger charge is 2.30. The molecule has 180 valence electrons. The average Bonchev–Trinajstić information content (AvgIpc) is 3.16. The Morgan fingerprint density at radius 2 is 1.82 bits per heavy atom. The number of imidazole rings is 1.